The molecule has 0 aliphatic carbocycles. The molecule has 1 fully saturated rings. The molecular weight excluding hydrogens is 374 g/mol. The van der Waals surface area contributed by atoms with Gasteiger partial charge in [-0.25, -0.2) is 8.42 Å². The van der Waals surface area contributed by atoms with Crippen LogP contribution in [0.4, 0.5) is 0 Å². The van der Waals surface area contributed by atoms with Crippen molar-refractivity contribution in [1.29, 1.82) is 0 Å². The van der Waals surface area contributed by atoms with Crippen molar-refractivity contribution in [2.45, 2.75) is 44.6 Å². The number of nitrogens with zero attached hydrogens (tertiary/aromatic N) is 3. The summed E-state index contributed by atoms with van der Waals surface area (Å²) in [7, 11) is -3.66. The Kier molecular flexibility index (Phi) is 4.81. The van der Waals surface area contributed by atoms with E-state index in [2.05, 4.69) is 10.1 Å². The van der Waals surface area contributed by atoms with Crippen molar-refractivity contribution in [2.24, 2.45) is 0 Å². The first-order chi connectivity index (χ1) is 13.4. The largest absolute Gasteiger partial charge is 0.337 e. The Morgan fingerprint density at radius 1 is 1.04 bits per heavy atom. The Bertz CT molecular complexity index is 1110. The standard InChI is InChI=1S/C21H23N3O3S/c1-14-12-16(3)19(13-15(14)2)28(25,26)24-11-7-10-18(24)21-22-20(23-27-21)17-8-5-4-6-9-17/h4-6,8-9,12-13,18H,7,10-11H2,1-3H3/t18-/m1/s1. The van der Waals surface area contributed by atoms with Crippen molar-refractivity contribution in [3.63, 3.8) is 0 Å². The number of aromatic nitrogens is 2. The predicted octanol–water partition coefficient (Wildman–Crippen LogP) is 4.19. The molecule has 0 spiro atoms. The second-order valence-electron chi connectivity index (χ2n) is 7.30. The van der Waals surface area contributed by atoms with E-state index in [1.807, 2.05) is 57.2 Å². The van der Waals surface area contributed by atoms with Crippen LogP contribution in [0.3, 0.4) is 0 Å². The lowest BCUT2D eigenvalue weighted by Crippen LogP contribution is -2.31. The lowest BCUT2D eigenvalue weighted by Gasteiger charge is -2.23. The zero-order valence-corrected chi connectivity index (χ0v) is 17.0. The lowest BCUT2D eigenvalue weighted by atomic mass is 10.1. The summed E-state index contributed by atoms with van der Waals surface area (Å²) >= 11 is 0. The molecule has 0 bridgehead atoms. The van der Waals surface area contributed by atoms with Crippen molar-refractivity contribution in [1.82, 2.24) is 14.4 Å². The first kappa shape index (κ1) is 18.8. The molecule has 7 heteroatoms. The van der Waals surface area contributed by atoms with E-state index in [1.165, 1.54) is 4.31 Å². The van der Waals surface area contributed by atoms with Crippen LogP contribution in [0.5, 0.6) is 0 Å². The predicted molar refractivity (Wildman–Crippen MR) is 106 cm³/mol. The highest BCUT2D eigenvalue weighted by Gasteiger charge is 2.40. The Morgan fingerprint density at radius 3 is 2.50 bits per heavy atom. The van der Waals surface area contributed by atoms with E-state index >= 15 is 0 Å². The van der Waals surface area contributed by atoms with Crippen molar-refractivity contribution < 1.29 is 12.9 Å². The van der Waals surface area contributed by atoms with Crippen LogP contribution in [0.15, 0.2) is 51.9 Å². The molecule has 0 unspecified atom stereocenters. The van der Waals surface area contributed by atoms with Crippen LogP contribution in [0.25, 0.3) is 11.4 Å². The van der Waals surface area contributed by atoms with Gasteiger partial charge in [0.1, 0.15) is 6.04 Å². The first-order valence-electron chi connectivity index (χ1n) is 9.36. The van der Waals surface area contributed by atoms with Gasteiger partial charge in [0.15, 0.2) is 0 Å². The molecule has 1 aliphatic rings. The number of sulfonamides is 1. The molecule has 0 N–H and O–H groups in total. The van der Waals surface area contributed by atoms with Crippen molar-refractivity contribution in [3.8, 4) is 11.4 Å². The van der Waals surface area contributed by atoms with Crippen LogP contribution in [0.2, 0.25) is 0 Å². The zero-order chi connectivity index (χ0) is 19.9. The topological polar surface area (TPSA) is 76.3 Å². The molecule has 28 heavy (non-hydrogen) atoms. The fourth-order valence-electron chi connectivity index (χ4n) is 3.69. The minimum Gasteiger partial charge on any atom is -0.337 e. The SMILES string of the molecule is Cc1cc(C)c(S(=O)(=O)N2CCC[C@@H]2c2nc(-c3ccccc3)no2)cc1C. The van der Waals surface area contributed by atoms with Gasteiger partial charge in [-0.1, -0.05) is 41.6 Å². The van der Waals surface area contributed by atoms with Gasteiger partial charge >= 0.3 is 0 Å². The number of aryl methyl sites for hydroxylation is 3. The van der Waals surface area contributed by atoms with Crippen LogP contribution in [0, 0.1) is 20.8 Å². The lowest BCUT2D eigenvalue weighted by molar-refractivity contribution is 0.290. The smallest absolute Gasteiger partial charge is 0.245 e. The molecule has 0 radical (unpaired) electrons. The molecule has 2 heterocycles. The maximum atomic E-state index is 13.4. The molecule has 146 valence electrons. The van der Waals surface area contributed by atoms with E-state index in [-0.39, 0.29) is 0 Å². The van der Waals surface area contributed by atoms with Crippen molar-refractivity contribution in [2.75, 3.05) is 6.54 Å². The van der Waals surface area contributed by atoms with Crippen LogP contribution in [-0.4, -0.2) is 29.4 Å². The summed E-state index contributed by atoms with van der Waals surface area (Å²) in [5, 5.41) is 4.06. The summed E-state index contributed by atoms with van der Waals surface area (Å²) in [6, 6.07) is 12.8. The van der Waals surface area contributed by atoms with Gasteiger partial charge in [-0.05, 0) is 56.4 Å². The summed E-state index contributed by atoms with van der Waals surface area (Å²) in [5.74, 6) is 0.823. The molecule has 0 amide bonds. The summed E-state index contributed by atoms with van der Waals surface area (Å²) < 4.78 is 33.8. The third-order valence-corrected chi connectivity index (χ3v) is 7.39. The van der Waals surface area contributed by atoms with Gasteiger partial charge < -0.3 is 4.52 Å². The Morgan fingerprint density at radius 2 is 1.75 bits per heavy atom. The van der Waals surface area contributed by atoms with Gasteiger partial charge in [0.25, 0.3) is 0 Å². The van der Waals surface area contributed by atoms with Crippen LogP contribution >= 0.6 is 0 Å². The molecule has 2 aromatic carbocycles. The maximum Gasteiger partial charge on any atom is 0.245 e. The van der Waals surface area contributed by atoms with E-state index in [0.29, 0.717) is 29.6 Å². The van der Waals surface area contributed by atoms with Gasteiger partial charge in [-0.3, -0.25) is 0 Å². The number of rotatable bonds is 4. The zero-order valence-electron chi connectivity index (χ0n) is 16.2. The normalized spacial score (nSPS) is 17.9. The summed E-state index contributed by atoms with van der Waals surface area (Å²) in [6.07, 6.45) is 1.43. The van der Waals surface area contributed by atoms with E-state index in [4.69, 9.17) is 4.52 Å². The average molecular weight is 398 g/mol. The van der Waals surface area contributed by atoms with Crippen molar-refractivity contribution in [3.05, 3.63) is 65.0 Å². The molecule has 1 aromatic heterocycles. The molecule has 3 aromatic rings. The summed E-state index contributed by atoms with van der Waals surface area (Å²) in [5.41, 5.74) is 3.64. The highest BCUT2D eigenvalue weighted by molar-refractivity contribution is 7.89. The molecule has 4 rings (SSSR count). The molecular formula is C21H23N3O3S. The summed E-state index contributed by atoms with van der Waals surface area (Å²) in [6.45, 7) is 6.20. The van der Waals surface area contributed by atoms with E-state index in [9.17, 15) is 8.42 Å². The Balaban J connectivity index is 1.69. The first-order valence-corrected chi connectivity index (χ1v) is 10.8. The number of hydrogen-bond donors (Lipinski definition) is 0. The van der Waals surface area contributed by atoms with Gasteiger partial charge in [0.05, 0.1) is 4.90 Å². The minimum absolute atomic E-state index is 0.349. The van der Waals surface area contributed by atoms with Gasteiger partial charge in [-0.15, -0.1) is 0 Å². The fourth-order valence-corrected chi connectivity index (χ4v) is 5.63. The van der Waals surface area contributed by atoms with E-state index < -0.39 is 16.1 Å². The quantitative estimate of drug-likeness (QED) is 0.660. The van der Waals surface area contributed by atoms with Gasteiger partial charge in [-0.2, -0.15) is 9.29 Å². The third-order valence-electron chi connectivity index (χ3n) is 5.34. The molecule has 0 saturated carbocycles. The number of benzene rings is 2. The Hall–Kier alpha value is -2.51. The van der Waals surface area contributed by atoms with E-state index in [1.54, 1.807) is 6.07 Å². The molecule has 1 saturated heterocycles. The third kappa shape index (κ3) is 3.25. The maximum absolute atomic E-state index is 13.4. The summed E-state index contributed by atoms with van der Waals surface area (Å²) in [4.78, 5) is 4.84. The second-order valence-corrected chi connectivity index (χ2v) is 9.16. The van der Waals surface area contributed by atoms with Crippen LogP contribution < -0.4 is 0 Å². The fraction of sp³-hybridized carbons (Fsp3) is 0.333. The molecule has 6 nitrogen and oxygen atoms in total. The monoisotopic (exact) mass is 397 g/mol. The van der Waals surface area contributed by atoms with E-state index in [0.717, 1.165) is 28.7 Å². The Labute approximate surface area is 165 Å². The van der Waals surface area contributed by atoms with Crippen LogP contribution in [0.1, 0.15) is 41.5 Å². The van der Waals surface area contributed by atoms with Crippen LogP contribution in [-0.2, 0) is 10.0 Å². The number of hydrogen-bond acceptors (Lipinski definition) is 5. The van der Waals surface area contributed by atoms with Gasteiger partial charge in [0, 0.05) is 12.1 Å². The second kappa shape index (κ2) is 7.14. The molecule has 1 atom stereocenters. The highest BCUT2D eigenvalue weighted by Crippen LogP contribution is 2.37. The highest BCUT2D eigenvalue weighted by atomic mass is 32.2. The van der Waals surface area contributed by atoms with Crippen molar-refractivity contribution >= 4 is 10.0 Å². The minimum atomic E-state index is -3.66. The molecule has 1 aliphatic heterocycles. The average Bonchev–Trinajstić information content (AvgIpc) is 3.34. The van der Waals surface area contributed by atoms with Gasteiger partial charge in [0.2, 0.25) is 21.7 Å².